The molecular weight excluding hydrogens is 390 g/mol. The maximum atomic E-state index is 4.63. The third-order valence-electron chi connectivity index (χ3n) is 3.85. The maximum absolute atomic E-state index is 4.63. The minimum Gasteiger partial charge on any atom is -0.352 e. The normalized spacial score (nSPS) is 10.8. The molecule has 134 valence electrons. The fourth-order valence-electron chi connectivity index (χ4n) is 2.73. The van der Waals surface area contributed by atoms with Crippen molar-refractivity contribution >= 4 is 33.4 Å². The van der Waals surface area contributed by atoms with Crippen molar-refractivity contribution in [1.29, 1.82) is 0 Å². The molecule has 0 saturated carbocycles. The molecule has 0 spiro atoms. The number of anilines is 3. The molecule has 2 heterocycles. The minimum atomic E-state index is 0.239. The van der Waals surface area contributed by atoms with Crippen molar-refractivity contribution in [2.24, 2.45) is 0 Å². The lowest BCUT2D eigenvalue weighted by Crippen LogP contribution is -2.13. The summed E-state index contributed by atoms with van der Waals surface area (Å²) in [4.78, 5) is 13.5. The number of benzene rings is 1. The number of pyridine rings is 1. The Morgan fingerprint density at radius 1 is 1.04 bits per heavy atom. The van der Waals surface area contributed by atoms with Gasteiger partial charge in [0, 0.05) is 40.2 Å². The van der Waals surface area contributed by atoms with E-state index in [1.165, 1.54) is 0 Å². The van der Waals surface area contributed by atoms with Gasteiger partial charge in [0.15, 0.2) is 0 Å². The largest absolute Gasteiger partial charge is 0.352 e. The van der Waals surface area contributed by atoms with Crippen LogP contribution in [0.5, 0.6) is 0 Å². The number of aromatic nitrogens is 3. The van der Waals surface area contributed by atoms with Crippen LogP contribution in [0.2, 0.25) is 0 Å². The van der Waals surface area contributed by atoms with E-state index in [-0.39, 0.29) is 6.04 Å². The molecule has 0 aliphatic heterocycles. The van der Waals surface area contributed by atoms with E-state index in [4.69, 9.17) is 0 Å². The fourth-order valence-corrected chi connectivity index (χ4v) is 3.42. The molecule has 0 atom stereocenters. The van der Waals surface area contributed by atoms with E-state index >= 15 is 0 Å². The number of nitrogens with zero attached hydrogens (tertiary/aromatic N) is 3. The molecule has 0 fully saturated rings. The molecule has 0 aliphatic rings. The van der Waals surface area contributed by atoms with Crippen LogP contribution in [0.1, 0.15) is 25.0 Å². The Balaban J connectivity index is 2.03. The lowest BCUT2D eigenvalue weighted by Gasteiger charge is -2.16. The van der Waals surface area contributed by atoms with Crippen LogP contribution in [0.25, 0.3) is 11.3 Å². The molecule has 3 rings (SSSR count). The highest BCUT2D eigenvalue weighted by molar-refractivity contribution is 9.10. The van der Waals surface area contributed by atoms with E-state index in [1.54, 1.807) is 12.4 Å². The van der Waals surface area contributed by atoms with E-state index in [0.717, 1.165) is 38.4 Å². The molecular formula is C20H22BrN5. The third-order valence-corrected chi connectivity index (χ3v) is 4.31. The summed E-state index contributed by atoms with van der Waals surface area (Å²) in [7, 11) is 0. The first kappa shape index (κ1) is 18.3. The topological polar surface area (TPSA) is 62.7 Å². The summed E-state index contributed by atoms with van der Waals surface area (Å²) in [5, 5.41) is 6.75. The van der Waals surface area contributed by atoms with E-state index in [1.807, 2.05) is 18.2 Å². The molecule has 2 aromatic heterocycles. The first-order valence-electron chi connectivity index (χ1n) is 8.52. The van der Waals surface area contributed by atoms with Gasteiger partial charge < -0.3 is 10.6 Å². The minimum absolute atomic E-state index is 0.239. The number of nitrogens with one attached hydrogen (secondary N) is 2. The van der Waals surface area contributed by atoms with Gasteiger partial charge in [0.25, 0.3) is 0 Å². The van der Waals surface area contributed by atoms with Gasteiger partial charge in [-0.05, 0) is 63.1 Å². The zero-order valence-corrected chi connectivity index (χ0v) is 16.9. The van der Waals surface area contributed by atoms with Crippen LogP contribution in [0, 0.1) is 13.8 Å². The van der Waals surface area contributed by atoms with Gasteiger partial charge in [-0.3, -0.25) is 4.98 Å². The Hall–Kier alpha value is -2.47. The summed E-state index contributed by atoms with van der Waals surface area (Å²) < 4.78 is 1.07. The lowest BCUT2D eigenvalue weighted by molar-refractivity contribution is 0.875. The number of hydrogen-bond acceptors (Lipinski definition) is 5. The summed E-state index contributed by atoms with van der Waals surface area (Å²) in [6.07, 6.45) is 3.56. The van der Waals surface area contributed by atoms with Crippen LogP contribution in [0.15, 0.2) is 47.2 Å². The van der Waals surface area contributed by atoms with Crippen LogP contribution in [0.4, 0.5) is 17.5 Å². The zero-order valence-electron chi connectivity index (χ0n) is 15.3. The molecule has 2 N–H and O–H groups in total. The molecule has 5 nitrogen and oxygen atoms in total. The highest BCUT2D eigenvalue weighted by Crippen LogP contribution is 2.29. The Bertz CT molecular complexity index is 886. The van der Waals surface area contributed by atoms with Gasteiger partial charge in [-0.25, -0.2) is 4.98 Å². The lowest BCUT2D eigenvalue weighted by atomic mass is 10.1. The second-order valence-corrected chi connectivity index (χ2v) is 7.46. The monoisotopic (exact) mass is 411 g/mol. The van der Waals surface area contributed by atoms with Gasteiger partial charge in [0.2, 0.25) is 5.95 Å². The van der Waals surface area contributed by atoms with Crippen molar-refractivity contribution in [2.45, 2.75) is 33.7 Å². The second-order valence-electron chi connectivity index (χ2n) is 6.54. The number of aryl methyl sites for hydroxylation is 2. The standard InChI is InChI=1S/C20H22BrN5/c1-12(2)23-20-24-17(15-6-5-7-22-11-15)10-18(26-20)25-19-13(3)8-16(21)9-14(19)4/h5-12H,1-4H3,(H2,23,24,25,26). The van der Waals surface area contributed by atoms with Crippen molar-refractivity contribution in [3.63, 3.8) is 0 Å². The van der Waals surface area contributed by atoms with Crippen molar-refractivity contribution in [3.05, 3.63) is 58.3 Å². The molecule has 0 aliphatic carbocycles. The molecule has 26 heavy (non-hydrogen) atoms. The number of hydrogen-bond donors (Lipinski definition) is 2. The summed E-state index contributed by atoms with van der Waals surface area (Å²) in [5.41, 5.74) is 5.13. The Labute approximate surface area is 162 Å². The summed E-state index contributed by atoms with van der Waals surface area (Å²) in [6, 6.07) is 10.3. The SMILES string of the molecule is Cc1cc(Br)cc(C)c1Nc1cc(-c2cccnc2)nc(NC(C)C)n1. The number of halogens is 1. The molecule has 1 aromatic carbocycles. The molecule has 0 unspecified atom stereocenters. The third kappa shape index (κ3) is 4.38. The average Bonchev–Trinajstić information content (AvgIpc) is 2.58. The van der Waals surface area contributed by atoms with Gasteiger partial charge in [-0.15, -0.1) is 0 Å². The highest BCUT2D eigenvalue weighted by atomic mass is 79.9. The predicted molar refractivity (Wildman–Crippen MR) is 111 cm³/mol. The van der Waals surface area contributed by atoms with Crippen molar-refractivity contribution in [3.8, 4) is 11.3 Å². The molecule has 0 radical (unpaired) electrons. The van der Waals surface area contributed by atoms with Crippen LogP contribution in [-0.4, -0.2) is 21.0 Å². The smallest absolute Gasteiger partial charge is 0.225 e. The maximum Gasteiger partial charge on any atom is 0.225 e. The average molecular weight is 412 g/mol. The summed E-state index contributed by atoms with van der Waals surface area (Å²) in [5.74, 6) is 1.34. The van der Waals surface area contributed by atoms with Gasteiger partial charge in [0.1, 0.15) is 5.82 Å². The first-order chi connectivity index (χ1) is 12.4. The van der Waals surface area contributed by atoms with Gasteiger partial charge in [0.05, 0.1) is 5.69 Å². The van der Waals surface area contributed by atoms with Crippen LogP contribution in [0.3, 0.4) is 0 Å². The molecule has 6 heteroatoms. The van der Waals surface area contributed by atoms with Crippen molar-refractivity contribution < 1.29 is 0 Å². The fraction of sp³-hybridized carbons (Fsp3) is 0.250. The quantitative estimate of drug-likeness (QED) is 0.581. The van der Waals surface area contributed by atoms with Gasteiger partial charge >= 0.3 is 0 Å². The van der Waals surface area contributed by atoms with Crippen LogP contribution < -0.4 is 10.6 Å². The zero-order chi connectivity index (χ0) is 18.7. The number of rotatable bonds is 5. The molecule has 0 saturated heterocycles. The van der Waals surface area contributed by atoms with Gasteiger partial charge in [-0.2, -0.15) is 4.98 Å². The first-order valence-corrected chi connectivity index (χ1v) is 9.31. The molecule has 0 amide bonds. The predicted octanol–water partition coefficient (Wildman–Crippen LogP) is 5.48. The Morgan fingerprint density at radius 3 is 2.38 bits per heavy atom. The Morgan fingerprint density at radius 2 is 1.77 bits per heavy atom. The molecule has 3 aromatic rings. The van der Waals surface area contributed by atoms with Crippen LogP contribution in [-0.2, 0) is 0 Å². The van der Waals surface area contributed by atoms with Crippen molar-refractivity contribution in [1.82, 2.24) is 15.0 Å². The Kier molecular flexibility index (Phi) is 5.52. The van der Waals surface area contributed by atoms with E-state index in [0.29, 0.717) is 5.95 Å². The second kappa shape index (κ2) is 7.83. The van der Waals surface area contributed by atoms with Gasteiger partial charge in [-0.1, -0.05) is 15.9 Å². The van der Waals surface area contributed by atoms with Crippen molar-refractivity contribution in [2.75, 3.05) is 10.6 Å². The van der Waals surface area contributed by atoms with E-state index < -0.39 is 0 Å². The summed E-state index contributed by atoms with van der Waals surface area (Å²) in [6.45, 7) is 8.29. The van der Waals surface area contributed by atoms with Crippen LogP contribution >= 0.6 is 15.9 Å². The highest BCUT2D eigenvalue weighted by Gasteiger charge is 2.11. The van der Waals surface area contributed by atoms with E-state index in [2.05, 4.69) is 81.3 Å². The summed E-state index contributed by atoms with van der Waals surface area (Å²) >= 11 is 3.54. The van der Waals surface area contributed by atoms with E-state index in [9.17, 15) is 0 Å². The molecule has 0 bridgehead atoms.